The molecule has 1 aliphatic heterocycles. The van der Waals surface area contributed by atoms with Crippen LogP contribution in [0, 0.1) is 13.8 Å². The molecule has 3 heterocycles. The van der Waals surface area contributed by atoms with E-state index in [1.54, 1.807) is 6.26 Å². The molecule has 146 valence electrons. The number of ketones is 1. The van der Waals surface area contributed by atoms with Gasteiger partial charge in [0.05, 0.1) is 6.26 Å². The summed E-state index contributed by atoms with van der Waals surface area (Å²) in [6.07, 6.45) is 2.83. The van der Waals surface area contributed by atoms with Gasteiger partial charge in [-0.1, -0.05) is 30.3 Å². The van der Waals surface area contributed by atoms with Crippen molar-refractivity contribution in [2.45, 2.75) is 38.6 Å². The van der Waals surface area contributed by atoms with Crippen molar-refractivity contribution in [1.29, 1.82) is 0 Å². The Balaban J connectivity index is 1.59. The van der Waals surface area contributed by atoms with Crippen LogP contribution in [0.25, 0.3) is 0 Å². The topological polar surface area (TPSA) is 71.3 Å². The van der Waals surface area contributed by atoms with Gasteiger partial charge < -0.3 is 4.42 Å². The maximum atomic E-state index is 13.3. The van der Waals surface area contributed by atoms with Crippen LogP contribution in [0.15, 0.2) is 70.5 Å². The number of furan rings is 1. The number of carbonyl (C=O) groups is 1. The number of allylic oxidation sites excluding steroid dienone is 1. The summed E-state index contributed by atoms with van der Waals surface area (Å²) < 4.78 is 5.58. The quantitative estimate of drug-likeness (QED) is 0.729. The zero-order valence-corrected chi connectivity index (χ0v) is 16.4. The number of carbonyl (C=O) groups excluding carboxylic acids is 1. The Morgan fingerprint density at radius 1 is 1.03 bits per heavy atom. The molecule has 6 heteroatoms. The molecule has 5 rings (SSSR count). The molecule has 0 saturated heterocycles. The molecule has 2 aliphatic rings. The number of hydrazine groups is 1. The van der Waals surface area contributed by atoms with E-state index in [0.717, 1.165) is 40.4 Å². The maximum Gasteiger partial charge on any atom is 0.245 e. The minimum atomic E-state index is -0.252. The second kappa shape index (κ2) is 6.88. The Labute approximate surface area is 169 Å². The average molecular weight is 386 g/mol. The molecule has 29 heavy (non-hydrogen) atoms. The van der Waals surface area contributed by atoms with Crippen LogP contribution in [-0.2, 0) is 4.79 Å². The fraction of sp³-hybridized carbons (Fsp3) is 0.261. The van der Waals surface area contributed by atoms with Gasteiger partial charge in [0.15, 0.2) is 5.78 Å². The second-order valence-corrected chi connectivity index (χ2v) is 7.68. The molecule has 0 unspecified atom stereocenters. The molecule has 0 radical (unpaired) electrons. The first-order valence-electron chi connectivity index (χ1n) is 9.83. The average Bonchev–Trinajstić information content (AvgIpc) is 3.36. The molecule has 1 aromatic carbocycles. The van der Waals surface area contributed by atoms with Crippen molar-refractivity contribution >= 4 is 11.7 Å². The van der Waals surface area contributed by atoms with E-state index in [9.17, 15) is 4.79 Å². The van der Waals surface area contributed by atoms with E-state index in [4.69, 9.17) is 4.42 Å². The number of hydrogen-bond donors (Lipinski definition) is 1. The molecule has 1 N–H and O–H groups in total. The van der Waals surface area contributed by atoms with Gasteiger partial charge in [-0.25, -0.2) is 15.0 Å². The van der Waals surface area contributed by atoms with Gasteiger partial charge in [0, 0.05) is 35.0 Å². The smallest absolute Gasteiger partial charge is 0.245 e. The monoisotopic (exact) mass is 386 g/mol. The van der Waals surface area contributed by atoms with E-state index < -0.39 is 0 Å². The Morgan fingerprint density at radius 2 is 1.79 bits per heavy atom. The molecule has 6 nitrogen and oxygen atoms in total. The Morgan fingerprint density at radius 3 is 2.48 bits per heavy atom. The van der Waals surface area contributed by atoms with Gasteiger partial charge in [-0.2, -0.15) is 0 Å². The van der Waals surface area contributed by atoms with E-state index in [2.05, 4.69) is 15.4 Å². The number of Topliss-reactive ketones (excluding diaryl/α,β-unsaturated/α-hetero) is 1. The van der Waals surface area contributed by atoms with Crippen LogP contribution in [0.4, 0.5) is 5.95 Å². The highest BCUT2D eigenvalue weighted by Crippen LogP contribution is 2.44. The lowest BCUT2D eigenvalue weighted by atomic mass is 9.81. The summed E-state index contributed by atoms with van der Waals surface area (Å²) in [5.41, 5.74) is 8.02. The molecule has 3 aromatic rings. The highest BCUT2D eigenvalue weighted by atomic mass is 16.3. The number of benzene rings is 1. The minimum absolute atomic E-state index is 0.0419. The number of aromatic nitrogens is 2. The first kappa shape index (κ1) is 17.7. The molecular weight excluding hydrogens is 364 g/mol. The zero-order chi connectivity index (χ0) is 20.0. The predicted molar refractivity (Wildman–Crippen MR) is 109 cm³/mol. The fourth-order valence-electron chi connectivity index (χ4n) is 4.35. The predicted octanol–water partition coefficient (Wildman–Crippen LogP) is 4.15. The van der Waals surface area contributed by atoms with E-state index >= 15 is 0 Å². The van der Waals surface area contributed by atoms with Crippen LogP contribution in [0.3, 0.4) is 0 Å². The molecule has 1 aliphatic carbocycles. The van der Waals surface area contributed by atoms with Crippen LogP contribution in [-0.4, -0.2) is 15.8 Å². The summed E-state index contributed by atoms with van der Waals surface area (Å²) in [4.78, 5) is 22.5. The summed E-state index contributed by atoms with van der Waals surface area (Å²) in [5, 5.41) is 1.93. The van der Waals surface area contributed by atoms with Gasteiger partial charge in [0.2, 0.25) is 5.95 Å². The lowest BCUT2D eigenvalue weighted by Gasteiger charge is -2.27. The summed E-state index contributed by atoms with van der Waals surface area (Å²) in [5.74, 6) is 1.61. The minimum Gasteiger partial charge on any atom is -0.469 e. The van der Waals surface area contributed by atoms with Crippen LogP contribution in [0.1, 0.15) is 47.5 Å². The van der Waals surface area contributed by atoms with Crippen LogP contribution in [0.5, 0.6) is 0 Å². The van der Waals surface area contributed by atoms with Crippen molar-refractivity contribution in [3.05, 3.63) is 88.8 Å². The summed E-state index contributed by atoms with van der Waals surface area (Å²) in [7, 11) is 0. The van der Waals surface area contributed by atoms with Crippen LogP contribution in [0.2, 0.25) is 0 Å². The van der Waals surface area contributed by atoms with Gasteiger partial charge >= 0.3 is 0 Å². The first-order chi connectivity index (χ1) is 14.1. The molecule has 2 atom stereocenters. The number of aryl methyl sites for hydroxylation is 2. The standard InChI is InChI=1S/C23H22N4O2/c1-14-11-15(2)25-23(24-14)27-22(16-7-4-3-5-8-16)21-18(26-27)12-17(13-19(21)28)20-9-6-10-29-20/h3-11,17,22,26H,12-13H2,1-2H3/t17-,22-/m1/s1. The van der Waals surface area contributed by atoms with Crippen molar-refractivity contribution in [2.75, 3.05) is 5.01 Å². The van der Waals surface area contributed by atoms with Gasteiger partial charge in [0.25, 0.3) is 0 Å². The number of hydrogen-bond acceptors (Lipinski definition) is 6. The number of nitrogens with one attached hydrogen (secondary N) is 1. The third kappa shape index (κ3) is 3.10. The molecule has 0 bridgehead atoms. The number of nitrogens with zero attached hydrogens (tertiary/aromatic N) is 3. The normalized spacial score (nSPS) is 21.3. The molecule has 0 fully saturated rings. The number of rotatable bonds is 3. The first-order valence-corrected chi connectivity index (χ1v) is 9.83. The maximum absolute atomic E-state index is 13.3. The van der Waals surface area contributed by atoms with Crippen molar-refractivity contribution in [2.24, 2.45) is 0 Å². The second-order valence-electron chi connectivity index (χ2n) is 7.68. The lowest BCUT2D eigenvalue weighted by Crippen LogP contribution is -2.36. The van der Waals surface area contributed by atoms with Crippen molar-refractivity contribution in [3.8, 4) is 0 Å². The Hall–Kier alpha value is -3.41. The molecule has 0 amide bonds. The van der Waals surface area contributed by atoms with Gasteiger partial charge in [0.1, 0.15) is 11.8 Å². The highest BCUT2D eigenvalue weighted by Gasteiger charge is 2.43. The third-order valence-electron chi connectivity index (χ3n) is 5.54. The molecule has 0 spiro atoms. The van der Waals surface area contributed by atoms with Gasteiger partial charge in [-0.15, -0.1) is 0 Å². The summed E-state index contributed by atoms with van der Waals surface area (Å²) in [6.45, 7) is 3.91. The summed E-state index contributed by atoms with van der Waals surface area (Å²) in [6, 6.07) is 15.6. The zero-order valence-electron chi connectivity index (χ0n) is 16.4. The van der Waals surface area contributed by atoms with Crippen molar-refractivity contribution in [1.82, 2.24) is 15.4 Å². The van der Waals surface area contributed by atoms with Gasteiger partial charge in [-0.3, -0.25) is 10.2 Å². The lowest BCUT2D eigenvalue weighted by molar-refractivity contribution is -0.116. The van der Waals surface area contributed by atoms with E-state index in [0.29, 0.717) is 12.4 Å². The van der Waals surface area contributed by atoms with E-state index in [1.165, 1.54) is 0 Å². The van der Waals surface area contributed by atoms with E-state index in [-0.39, 0.29) is 17.7 Å². The van der Waals surface area contributed by atoms with Crippen LogP contribution < -0.4 is 10.4 Å². The third-order valence-corrected chi connectivity index (χ3v) is 5.54. The van der Waals surface area contributed by atoms with Gasteiger partial charge in [-0.05, 0) is 44.0 Å². The largest absolute Gasteiger partial charge is 0.469 e. The van der Waals surface area contributed by atoms with Crippen molar-refractivity contribution < 1.29 is 9.21 Å². The highest BCUT2D eigenvalue weighted by molar-refractivity contribution is 6.00. The number of anilines is 1. The van der Waals surface area contributed by atoms with E-state index in [1.807, 2.05) is 67.4 Å². The fourth-order valence-corrected chi connectivity index (χ4v) is 4.35. The Kier molecular flexibility index (Phi) is 4.19. The van der Waals surface area contributed by atoms with Crippen LogP contribution >= 0.6 is 0 Å². The summed E-state index contributed by atoms with van der Waals surface area (Å²) >= 11 is 0. The molecular formula is C23H22N4O2. The SMILES string of the molecule is Cc1cc(C)nc(N2NC3=C(C(=O)C[C@H](c4ccco4)C3)[C@H]2c2ccccc2)n1. The Bertz CT molecular complexity index is 1070. The molecule has 0 saturated carbocycles. The van der Waals surface area contributed by atoms with Crippen molar-refractivity contribution in [3.63, 3.8) is 0 Å². The molecule has 2 aromatic heterocycles.